The maximum Gasteiger partial charge on any atom is 0.339 e. The normalized spacial score (nSPS) is 37.1. The summed E-state index contributed by atoms with van der Waals surface area (Å²) in [6.07, 6.45) is 4.45. The number of carbonyl (C=O) groups is 1. The molecule has 4 saturated heterocycles. The molecule has 0 aromatic heterocycles. The molecule has 0 radical (unpaired) electrons. The smallest absolute Gasteiger partial charge is 0.339 e. The van der Waals surface area contributed by atoms with Gasteiger partial charge in [0.1, 0.15) is 5.75 Å². The number of urea groups is 1. The molecule has 2 N–H and O–H groups in total. The highest BCUT2D eigenvalue weighted by molar-refractivity contribution is 6.30. The number of hydrogen-bond donors (Lipinski definition) is 2. The maximum absolute atomic E-state index is 12.0. The number of carbonyl (C=O) groups excluding carboxylic acids is 1. The fourth-order valence-corrected chi connectivity index (χ4v) is 6.76. The molecule has 2 aromatic carbocycles. The Labute approximate surface area is 233 Å². The van der Waals surface area contributed by atoms with Crippen molar-refractivity contribution in [3.63, 3.8) is 0 Å². The zero-order valence-electron chi connectivity index (χ0n) is 22.3. The lowest BCUT2D eigenvalue weighted by Gasteiger charge is -2.60. The molecule has 5 fully saturated rings. The van der Waals surface area contributed by atoms with E-state index in [1.54, 1.807) is 30.5 Å². The molecule has 2 amide bonds. The van der Waals surface area contributed by atoms with Crippen LogP contribution >= 0.6 is 11.6 Å². The fraction of sp³-hybridized carbons (Fsp3) is 0.517. The molecule has 4 heterocycles. The monoisotopic (exact) mass is 555 g/mol. The van der Waals surface area contributed by atoms with Gasteiger partial charge in [0.2, 0.25) is 12.1 Å². The Hall–Kier alpha value is -2.69. The Balaban J connectivity index is 1.09. The molecule has 7 rings (SSSR count). The summed E-state index contributed by atoms with van der Waals surface area (Å²) >= 11 is 5.87. The van der Waals surface area contributed by atoms with Crippen LogP contribution in [-0.2, 0) is 19.2 Å². The minimum absolute atomic E-state index is 0.0792. The van der Waals surface area contributed by atoms with Crippen molar-refractivity contribution in [2.75, 3.05) is 5.32 Å². The van der Waals surface area contributed by atoms with E-state index in [9.17, 15) is 4.79 Å². The molecule has 208 valence electrons. The first-order chi connectivity index (χ1) is 18.8. The van der Waals surface area contributed by atoms with E-state index in [-0.39, 0.29) is 11.8 Å². The summed E-state index contributed by atoms with van der Waals surface area (Å²) in [7, 11) is 0. The van der Waals surface area contributed by atoms with Gasteiger partial charge in [0.05, 0.1) is 6.21 Å². The van der Waals surface area contributed by atoms with Crippen LogP contribution in [0.1, 0.15) is 52.0 Å². The standard InChI is InChI=1S/C29H34ClN3O6/c1-17-4-13-24-18(2)25(36-26-29(24)23(17)14-15-28(3,37-26)38-39-29)35-22-11-5-19(6-12-22)16-31-33-27(34)32-21-9-7-20(30)8-10-21/h5-12,16-18,23-26H,4,13-15H2,1-3H3,(H2,32,33,34)/b31-16+/t17-,18-,23+,24+,25+,26?,28+,29-/m1/s1. The summed E-state index contributed by atoms with van der Waals surface area (Å²) in [6, 6.07) is 13.8. The molecular weight excluding hydrogens is 522 g/mol. The number of fused-ring (bicyclic) bond motifs is 2. The van der Waals surface area contributed by atoms with Gasteiger partial charge in [-0.25, -0.2) is 20.0 Å². The predicted molar refractivity (Wildman–Crippen MR) is 145 cm³/mol. The maximum atomic E-state index is 12.0. The van der Waals surface area contributed by atoms with Gasteiger partial charge in [-0.2, -0.15) is 5.10 Å². The van der Waals surface area contributed by atoms with Gasteiger partial charge < -0.3 is 19.5 Å². The molecule has 1 aliphatic carbocycles. The molecular formula is C29H34ClN3O6. The van der Waals surface area contributed by atoms with E-state index in [2.05, 4.69) is 29.7 Å². The second-order valence-corrected chi connectivity index (χ2v) is 11.7. The van der Waals surface area contributed by atoms with Gasteiger partial charge in [-0.1, -0.05) is 25.4 Å². The summed E-state index contributed by atoms with van der Waals surface area (Å²) in [5, 5.41) is 7.30. The molecule has 5 aliphatic rings. The molecule has 9 nitrogen and oxygen atoms in total. The number of nitrogens with one attached hydrogen (secondary N) is 2. The van der Waals surface area contributed by atoms with Gasteiger partial charge >= 0.3 is 6.03 Å². The Morgan fingerprint density at radius 3 is 2.59 bits per heavy atom. The van der Waals surface area contributed by atoms with Crippen LogP contribution in [0.3, 0.4) is 0 Å². The molecule has 1 saturated carbocycles. The van der Waals surface area contributed by atoms with Crippen LogP contribution in [0.4, 0.5) is 10.5 Å². The van der Waals surface area contributed by atoms with Gasteiger partial charge in [-0.3, -0.25) is 0 Å². The van der Waals surface area contributed by atoms with Gasteiger partial charge in [0, 0.05) is 29.0 Å². The van der Waals surface area contributed by atoms with Crippen molar-refractivity contribution < 1.29 is 28.8 Å². The molecule has 4 aliphatic heterocycles. The van der Waals surface area contributed by atoms with Gasteiger partial charge in [0.15, 0.2) is 11.9 Å². The fourth-order valence-electron chi connectivity index (χ4n) is 6.63. The van der Waals surface area contributed by atoms with Crippen molar-refractivity contribution in [1.82, 2.24) is 5.43 Å². The largest absolute Gasteiger partial charge is 0.465 e. The molecule has 8 atom stereocenters. The van der Waals surface area contributed by atoms with Crippen molar-refractivity contribution in [3.05, 3.63) is 59.1 Å². The van der Waals surface area contributed by atoms with E-state index >= 15 is 0 Å². The van der Waals surface area contributed by atoms with Crippen LogP contribution in [0.15, 0.2) is 53.6 Å². The summed E-state index contributed by atoms with van der Waals surface area (Å²) in [6.45, 7) is 6.39. The Kier molecular flexibility index (Phi) is 7.05. The van der Waals surface area contributed by atoms with Gasteiger partial charge in [-0.15, -0.1) is 0 Å². The van der Waals surface area contributed by atoms with Gasteiger partial charge in [0.25, 0.3) is 0 Å². The van der Waals surface area contributed by atoms with Crippen LogP contribution in [0.5, 0.6) is 5.75 Å². The van der Waals surface area contributed by atoms with E-state index in [1.165, 1.54) is 0 Å². The van der Waals surface area contributed by atoms with E-state index < -0.39 is 30.0 Å². The van der Waals surface area contributed by atoms with Crippen LogP contribution in [0.25, 0.3) is 0 Å². The number of ether oxygens (including phenoxy) is 3. The third-order valence-corrected chi connectivity index (χ3v) is 8.96. The average molecular weight is 556 g/mol. The molecule has 2 bridgehead atoms. The second kappa shape index (κ2) is 10.4. The number of hydrazone groups is 1. The summed E-state index contributed by atoms with van der Waals surface area (Å²) in [5.41, 5.74) is 3.26. The number of rotatable bonds is 5. The third kappa shape index (κ3) is 5.02. The van der Waals surface area contributed by atoms with E-state index in [4.69, 9.17) is 35.6 Å². The zero-order chi connectivity index (χ0) is 27.2. The summed E-state index contributed by atoms with van der Waals surface area (Å²) in [4.78, 5) is 24.1. The number of hydrogen-bond acceptors (Lipinski definition) is 7. The van der Waals surface area contributed by atoms with Crippen LogP contribution in [-0.4, -0.2) is 36.2 Å². The third-order valence-electron chi connectivity index (χ3n) is 8.71. The highest BCUT2D eigenvalue weighted by Crippen LogP contribution is 2.60. The number of anilines is 1. The second-order valence-electron chi connectivity index (χ2n) is 11.3. The number of benzene rings is 2. The lowest BCUT2D eigenvalue weighted by molar-refractivity contribution is -0.575. The minimum atomic E-state index is -0.816. The van der Waals surface area contributed by atoms with Crippen LogP contribution < -0.4 is 15.5 Å². The Morgan fingerprint density at radius 1 is 1.05 bits per heavy atom. The lowest BCUT2D eigenvalue weighted by Crippen LogP contribution is -2.70. The van der Waals surface area contributed by atoms with E-state index in [1.807, 2.05) is 31.2 Å². The first kappa shape index (κ1) is 26.5. The number of amides is 2. The first-order valence-electron chi connectivity index (χ1n) is 13.6. The zero-order valence-corrected chi connectivity index (χ0v) is 23.0. The van der Waals surface area contributed by atoms with E-state index in [0.717, 1.165) is 31.2 Å². The minimum Gasteiger partial charge on any atom is -0.465 e. The highest BCUT2D eigenvalue weighted by atomic mass is 35.5. The number of halogens is 1. The highest BCUT2D eigenvalue weighted by Gasteiger charge is 2.69. The summed E-state index contributed by atoms with van der Waals surface area (Å²) in [5.74, 6) is 0.961. The molecule has 10 heteroatoms. The van der Waals surface area contributed by atoms with Crippen molar-refractivity contribution in [3.8, 4) is 5.75 Å². The van der Waals surface area contributed by atoms with Gasteiger partial charge in [-0.05, 0) is 92.1 Å². The van der Waals surface area contributed by atoms with E-state index in [0.29, 0.717) is 28.3 Å². The van der Waals surface area contributed by atoms with Crippen molar-refractivity contribution in [2.45, 2.75) is 70.4 Å². The topological polar surface area (TPSA) is 99.6 Å². The van der Waals surface area contributed by atoms with Crippen molar-refractivity contribution >= 4 is 29.5 Å². The molecule has 39 heavy (non-hydrogen) atoms. The van der Waals surface area contributed by atoms with Crippen LogP contribution in [0.2, 0.25) is 5.02 Å². The van der Waals surface area contributed by atoms with Crippen molar-refractivity contribution in [1.29, 1.82) is 0 Å². The SMILES string of the molecule is C[C@H]1[C@@H](Oc2ccc(/C=N/NC(=O)Nc3ccc(Cl)cc3)cc2)OC2O[C@]3(C)CC[C@H]4[C@H](C)CC[C@@H]1[C@@]24OO3. The van der Waals surface area contributed by atoms with Crippen molar-refractivity contribution in [2.24, 2.45) is 28.8 Å². The molecule has 1 unspecified atom stereocenters. The molecule has 2 aromatic rings. The predicted octanol–water partition coefficient (Wildman–Crippen LogP) is 6.08. The Morgan fingerprint density at radius 2 is 1.82 bits per heavy atom. The lowest BCUT2D eigenvalue weighted by atomic mass is 9.58. The molecule has 1 spiro atoms. The number of nitrogens with zero attached hydrogens (tertiary/aromatic N) is 1. The Bertz CT molecular complexity index is 1230. The average Bonchev–Trinajstić information content (AvgIpc) is 3.15. The quantitative estimate of drug-likeness (QED) is 0.263. The summed E-state index contributed by atoms with van der Waals surface area (Å²) < 4.78 is 19.3. The first-order valence-corrected chi connectivity index (χ1v) is 14.0. The van der Waals surface area contributed by atoms with Crippen LogP contribution in [0, 0.1) is 23.7 Å².